The van der Waals surface area contributed by atoms with Gasteiger partial charge in [0.2, 0.25) is 0 Å². The van der Waals surface area contributed by atoms with Gasteiger partial charge in [0.1, 0.15) is 0 Å². The van der Waals surface area contributed by atoms with E-state index in [4.69, 9.17) is 8.83 Å². The maximum absolute atomic E-state index is 5.54. The Hall–Kier alpha value is -2.78. The Morgan fingerprint density at radius 3 is 2.15 bits per heavy atom. The molecule has 0 amide bonds. The third kappa shape index (κ3) is 2.00. The first-order valence-electron chi connectivity index (χ1n) is 9.04. The fourth-order valence-electron chi connectivity index (χ4n) is 5.31. The van der Waals surface area contributed by atoms with Crippen LogP contribution in [-0.4, -0.2) is 0 Å². The van der Waals surface area contributed by atoms with Gasteiger partial charge in [-0.1, -0.05) is 30.3 Å². The molecule has 0 unspecified atom stereocenters. The molecule has 7 rings (SSSR count). The summed E-state index contributed by atoms with van der Waals surface area (Å²) in [6.07, 6.45) is 10.6. The summed E-state index contributed by atoms with van der Waals surface area (Å²) in [5, 5.41) is 0. The van der Waals surface area contributed by atoms with Gasteiger partial charge in [0.05, 0.1) is 36.4 Å². The molecule has 1 aromatic carbocycles. The highest BCUT2D eigenvalue weighted by Gasteiger charge is 2.59. The highest BCUT2D eigenvalue weighted by Crippen LogP contribution is 2.59. The van der Waals surface area contributed by atoms with Crippen molar-refractivity contribution in [3.8, 4) is 0 Å². The van der Waals surface area contributed by atoms with Crippen molar-refractivity contribution in [2.45, 2.75) is 23.8 Å². The largest absolute Gasteiger partial charge is 1.00 e. The van der Waals surface area contributed by atoms with E-state index < -0.39 is 0 Å². The number of nitrogens with zero attached hydrogens (tertiary/aromatic N) is 1. The molecule has 2 atom stereocenters. The van der Waals surface area contributed by atoms with Crippen LogP contribution in [0.4, 0.5) is 0 Å². The van der Waals surface area contributed by atoms with Gasteiger partial charge in [-0.2, -0.15) is 4.57 Å². The third-order valence-corrected chi connectivity index (χ3v) is 6.30. The van der Waals surface area contributed by atoms with Crippen LogP contribution in [0.25, 0.3) is 0 Å². The SMILES string of the molecule is [Cl-].c1ccc2c(c1)[C@H]1c3cccc[n+]3[C@@H]2CC1(c1ccoc1)c1ccoc1. The van der Waals surface area contributed by atoms with Crippen molar-refractivity contribution in [3.05, 3.63) is 114 Å². The fraction of sp³-hybridized carbons (Fsp3) is 0.174. The van der Waals surface area contributed by atoms with Crippen molar-refractivity contribution >= 4 is 0 Å². The van der Waals surface area contributed by atoms with Crippen molar-refractivity contribution in [2.24, 2.45) is 0 Å². The minimum absolute atomic E-state index is 0. The van der Waals surface area contributed by atoms with Gasteiger partial charge in [-0.25, -0.2) is 0 Å². The number of benzene rings is 1. The van der Waals surface area contributed by atoms with Crippen LogP contribution in [0, 0.1) is 0 Å². The highest BCUT2D eigenvalue weighted by molar-refractivity contribution is 5.53. The standard InChI is InChI=1S/C23H18NO2.ClH/c1-2-6-19-18(5-1)21-13-23(16-8-11-25-14-16,17-9-12-26-15-17)22(19)20-7-3-4-10-24(20)21;/h1-12,14-15,21-22H,13H2;1H/q+1;/p-1/t21-,22+;/m1./s1. The van der Waals surface area contributed by atoms with E-state index in [9.17, 15) is 0 Å². The van der Waals surface area contributed by atoms with Crippen molar-refractivity contribution in [3.63, 3.8) is 0 Å². The van der Waals surface area contributed by atoms with Gasteiger partial charge in [0.15, 0.2) is 17.9 Å². The predicted molar refractivity (Wildman–Crippen MR) is 95.9 cm³/mol. The molecule has 5 heterocycles. The molecule has 0 saturated carbocycles. The van der Waals surface area contributed by atoms with E-state index in [-0.39, 0.29) is 23.7 Å². The number of pyridine rings is 1. The minimum Gasteiger partial charge on any atom is -1.00 e. The van der Waals surface area contributed by atoms with Crippen molar-refractivity contribution in [1.82, 2.24) is 0 Å². The molecule has 3 nitrogen and oxygen atoms in total. The summed E-state index contributed by atoms with van der Waals surface area (Å²) in [5.41, 5.74) is 6.46. The first-order valence-corrected chi connectivity index (χ1v) is 9.04. The van der Waals surface area contributed by atoms with E-state index >= 15 is 0 Å². The van der Waals surface area contributed by atoms with Gasteiger partial charge >= 0.3 is 0 Å². The molecule has 0 spiro atoms. The van der Waals surface area contributed by atoms with Gasteiger partial charge in [-0.05, 0) is 17.7 Å². The van der Waals surface area contributed by atoms with Gasteiger partial charge in [-0.15, -0.1) is 0 Å². The normalized spacial score (nSPS) is 21.2. The summed E-state index contributed by atoms with van der Waals surface area (Å²) in [4.78, 5) is 0. The summed E-state index contributed by atoms with van der Waals surface area (Å²) in [6, 6.07) is 20.0. The zero-order valence-electron chi connectivity index (χ0n) is 14.6. The predicted octanol–water partition coefficient (Wildman–Crippen LogP) is 1.59. The molecule has 4 heteroatoms. The number of rotatable bonds is 2. The molecule has 3 aromatic heterocycles. The van der Waals surface area contributed by atoms with E-state index in [1.807, 2.05) is 12.5 Å². The quantitative estimate of drug-likeness (QED) is 0.498. The second kappa shape index (κ2) is 5.86. The second-order valence-corrected chi connectivity index (χ2v) is 7.31. The van der Waals surface area contributed by atoms with Crippen molar-refractivity contribution in [1.29, 1.82) is 0 Å². The number of fused-ring (bicyclic) bond motifs is 1. The molecule has 0 saturated heterocycles. The molecule has 0 radical (unpaired) electrons. The van der Waals surface area contributed by atoms with Gasteiger partial charge in [0, 0.05) is 35.2 Å². The van der Waals surface area contributed by atoms with E-state index in [0.717, 1.165) is 6.42 Å². The van der Waals surface area contributed by atoms with Crippen LogP contribution in [-0.2, 0) is 5.41 Å². The van der Waals surface area contributed by atoms with E-state index in [0.29, 0.717) is 6.04 Å². The topological polar surface area (TPSA) is 30.2 Å². The molecule has 0 N–H and O–H groups in total. The van der Waals surface area contributed by atoms with Crippen LogP contribution in [0.5, 0.6) is 0 Å². The first kappa shape index (κ1) is 16.4. The monoisotopic (exact) mass is 375 g/mol. The molecule has 4 aromatic rings. The van der Waals surface area contributed by atoms with Crippen LogP contribution in [0.2, 0.25) is 0 Å². The summed E-state index contributed by atoms with van der Waals surface area (Å²) in [7, 11) is 0. The zero-order valence-corrected chi connectivity index (χ0v) is 15.3. The number of halogens is 1. The molecule has 2 aliphatic heterocycles. The van der Waals surface area contributed by atoms with Crippen LogP contribution < -0.4 is 17.0 Å². The maximum Gasteiger partial charge on any atom is 0.190 e. The van der Waals surface area contributed by atoms with E-state index in [1.54, 1.807) is 12.5 Å². The molecule has 27 heavy (non-hydrogen) atoms. The molecule has 2 bridgehead atoms. The first-order chi connectivity index (χ1) is 12.9. The minimum atomic E-state index is -0.180. The molecule has 134 valence electrons. The molecular formula is C23H18ClNO2. The van der Waals surface area contributed by atoms with Gasteiger partial charge in [0.25, 0.3) is 0 Å². The summed E-state index contributed by atoms with van der Waals surface area (Å²) >= 11 is 0. The highest BCUT2D eigenvalue weighted by atomic mass is 35.5. The summed E-state index contributed by atoms with van der Waals surface area (Å²) < 4.78 is 13.5. The lowest BCUT2D eigenvalue weighted by atomic mass is 9.54. The fourth-order valence-corrected chi connectivity index (χ4v) is 5.31. The Morgan fingerprint density at radius 2 is 1.48 bits per heavy atom. The molecule has 1 aliphatic carbocycles. The number of furan rings is 2. The third-order valence-electron chi connectivity index (χ3n) is 6.30. The Bertz CT molecular complexity index is 1000. The van der Waals surface area contributed by atoms with Crippen molar-refractivity contribution in [2.75, 3.05) is 0 Å². The number of hydrogen-bond donors (Lipinski definition) is 0. The molecule has 3 aliphatic rings. The van der Waals surface area contributed by atoms with E-state index in [1.165, 1.54) is 27.9 Å². The average molecular weight is 376 g/mol. The Balaban J connectivity index is 0.00000160. The second-order valence-electron chi connectivity index (χ2n) is 7.31. The van der Waals surface area contributed by atoms with Crippen LogP contribution in [0.3, 0.4) is 0 Å². The Kier molecular flexibility index (Phi) is 3.56. The van der Waals surface area contributed by atoms with E-state index in [2.05, 4.69) is 65.4 Å². The zero-order chi connectivity index (χ0) is 17.1. The maximum atomic E-state index is 5.54. The molecular weight excluding hydrogens is 358 g/mol. The lowest BCUT2D eigenvalue weighted by molar-refractivity contribution is -0.732. The molecule has 0 fully saturated rings. The smallest absolute Gasteiger partial charge is 0.190 e. The lowest BCUT2D eigenvalue weighted by Gasteiger charge is -2.48. The number of aromatic nitrogens is 1. The Morgan fingerprint density at radius 1 is 0.815 bits per heavy atom. The summed E-state index contributed by atoms with van der Waals surface area (Å²) in [6.45, 7) is 0. The van der Waals surface area contributed by atoms with Crippen molar-refractivity contribution < 1.29 is 25.8 Å². The average Bonchev–Trinajstić information content (AvgIpc) is 3.42. The van der Waals surface area contributed by atoms with Crippen LogP contribution in [0.1, 0.15) is 46.3 Å². The lowest BCUT2D eigenvalue weighted by Crippen LogP contribution is -3.00. The Labute approximate surface area is 163 Å². The van der Waals surface area contributed by atoms with Gasteiger partial charge in [-0.3, -0.25) is 0 Å². The number of hydrogen-bond acceptors (Lipinski definition) is 2. The van der Waals surface area contributed by atoms with Crippen LogP contribution >= 0.6 is 0 Å². The van der Waals surface area contributed by atoms with Crippen LogP contribution in [0.15, 0.2) is 94.7 Å². The summed E-state index contributed by atoms with van der Waals surface area (Å²) in [5.74, 6) is 0.222. The van der Waals surface area contributed by atoms with Gasteiger partial charge < -0.3 is 21.2 Å².